The highest BCUT2D eigenvalue weighted by Crippen LogP contribution is 2.43. The second kappa shape index (κ2) is 7.60. The number of hydrogen-bond acceptors (Lipinski definition) is 3. The number of amides is 1. The van der Waals surface area contributed by atoms with Crippen molar-refractivity contribution in [3.8, 4) is 0 Å². The number of nitrogens with zero attached hydrogens (tertiary/aromatic N) is 2. The second-order valence-electron chi connectivity index (χ2n) is 7.89. The average Bonchev–Trinajstić information content (AvgIpc) is 3.07. The zero-order valence-electron chi connectivity index (χ0n) is 16.6. The van der Waals surface area contributed by atoms with Gasteiger partial charge in [0.05, 0.1) is 12.3 Å². The van der Waals surface area contributed by atoms with E-state index in [1.54, 1.807) is 0 Å². The first-order valence-corrected chi connectivity index (χ1v) is 11.1. The molecular formula is C25H24N2OS. The Kier molecular flexibility index (Phi) is 4.80. The highest BCUT2D eigenvalue weighted by molar-refractivity contribution is 7.17. The number of carbonyl (C=O) groups excluding carboxylic acids is 1. The molecule has 29 heavy (non-hydrogen) atoms. The molecule has 4 heteroatoms. The van der Waals surface area contributed by atoms with Gasteiger partial charge in [-0.2, -0.15) is 0 Å². The molecule has 3 aromatic rings. The molecule has 0 bridgehead atoms. The molecular weight excluding hydrogens is 376 g/mol. The van der Waals surface area contributed by atoms with Gasteiger partial charge in [0.1, 0.15) is 11.5 Å². The Hall–Kier alpha value is -2.72. The fraction of sp³-hybridized carbons (Fsp3) is 0.280. The first kappa shape index (κ1) is 18.3. The third-order valence-corrected chi connectivity index (χ3v) is 7.13. The average molecular weight is 401 g/mol. The van der Waals surface area contributed by atoms with Crippen molar-refractivity contribution in [1.29, 1.82) is 0 Å². The van der Waals surface area contributed by atoms with E-state index in [0.29, 0.717) is 6.54 Å². The van der Waals surface area contributed by atoms with Gasteiger partial charge in [0, 0.05) is 16.0 Å². The van der Waals surface area contributed by atoms with Crippen LogP contribution in [-0.2, 0) is 24.2 Å². The second-order valence-corrected chi connectivity index (χ2v) is 8.97. The summed E-state index contributed by atoms with van der Waals surface area (Å²) in [4.78, 5) is 21.4. The van der Waals surface area contributed by atoms with Crippen LogP contribution in [-0.4, -0.2) is 18.2 Å². The molecule has 0 radical (unpaired) electrons. The van der Waals surface area contributed by atoms with Gasteiger partial charge in [-0.1, -0.05) is 60.2 Å². The molecule has 2 aliphatic rings. The number of fused-ring (bicyclic) bond motifs is 3. The Morgan fingerprint density at radius 3 is 2.55 bits per heavy atom. The molecule has 5 rings (SSSR count). The van der Waals surface area contributed by atoms with Crippen molar-refractivity contribution in [1.82, 2.24) is 0 Å². The number of thiophene rings is 1. The lowest BCUT2D eigenvalue weighted by atomic mass is 9.91. The largest absolute Gasteiger partial charge is 0.297 e. The monoisotopic (exact) mass is 400 g/mol. The summed E-state index contributed by atoms with van der Waals surface area (Å²) in [5.41, 5.74) is 7.10. The highest BCUT2D eigenvalue weighted by Gasteiger charge is 2.32. The van der Waals surface area contributed by atoms with E-state index in [1.807, 2.05) is 34.4 Å². The molecule has 0 fully saturated rings. The normalized spacial score (nSPS) is 16.1. The van der Waals surface area contributed by atoms with Crippen molar-refractivity contribution in [2.75, 3.05) is 11.4 Å². The van der Waals surface area contributed by atoms with Crippen LogP contribution in [0.15, 0.2) is 59.6 Å². The number of hydrogen-bond donors (Lipinski definition) is 0. The third-order valence-electron chi connectivity index (χ3n) is 5.82. The van der Waals surface area contributed by atoms with Gasteiger partial charge >= 0.3 is 0 Å². The zero-order chi connectivity index (χ0) is 19.8. The van der Waals surface area contributed by atoms with Crippen molar-refractivity contribution in [2.24, 2.45) is 4.99 Å². The first-order valence-electron chi connectivity index (χ1n) is 10.3. The lowest BCUT2D eigenvalue weighted by molar-refractivity contribution is -0.117. The molecule has 1 aliphatic carbocycles. The maximum absolute atomic E-state index is 13.2. The fourth-order valence-corrected chi connectivity index (χ4v) is 5.68. The van der Waals surface area contributed by atoms with Crippen LogP contribution < -0.4 is 4.90 Å². The molecule has 146 valence electrons. The smallest absolute Gasteiger partial charge is 0.249 e. The number of carbonyl (C=O) groups is 1. The zero-order valence-corrected chi connectivity index (χ0v) is 17.5. The quantitative estimate of drug-likeness (QED) is 0.586. The van der Waals surface area contributed by atoms with Crippen LogP contribution in [0.2, 0.25) is 0 Å². The van der Waals surface area contributed by atoms with Crippen LogP contribution in [0.4, 0.5) is 5.00 Å². The van der Waals surface area contributed by atoms with Crippen LogP contribution in [0.1, 0.15) is 45.5 Å². The molecule has 0 spiro atoms. The minimum atomic E-state index is 0.0800. The van der Waals surface area contributed by atoms with Crippen LogP contribution in [0.25, 0.3) is 0 Å². The summed E-state index contributed by atoms with van der Waals surface area (Å²) < 4.78 is 0. The summed E-state index contributed by atoms with van der Waals surface area (Å²) in [6.45, 7) is 2.89. The topological polar surface area (TPSA) is 32.7 Å². The van der Waals surface area contributed by atoms with Crippen molar-refractivity contribution >= 4 is 28.0 Å². The summed E-state index contributed by atoms with van der Waals surface area (Å²) in [7, 11) is 0. The van der Waals surface area contributed by atoms with E-state index in [2.05, 4.69) is 43.3 Å². The standard InChI is InChI=1S/C25H24N2OS/c1-17-11-13-18(14-12-17)16-27-22(28)15-26-24(19-7-3-2-4-8-19)23-20-9-5-6-10-21(20)29-25(23)27/h2-4,7-8,11-14H,5-6,9-10,15-16H2,1H3. The predicted octanol–water partition coefficient (Wildman–Crippen LogP) is 5.32. The number of aliphatic imine (C=N–C) groups is 1. The lowest BCUT2D eigenvalue weighted by Crippen LogP contribution is -2.31. The maximum atomic E-state index is 13.2. The fourth-order valence-electron chi connectivity index (χ4n) is 4.28. The van der Waals surface area contributed by atoms with Gasteiger partial charge in [-0.05, 0) is 43.7 Å². The Labute approximate surface area is 175 Å². The molecule has 2 aromatic carbocycles. The van der Waals surface area contributed by atoms with Gasteiger partial charge in [-0.15, -0.1) is 11.3 Å². The summed E-state index contributed by atoms with van der Waals surface area (Å²) in [6, 6.07) is 18.8. The minimum absolute atomic E-state index is 0.0800. The molecule has 1 aliphatic heterocycles. The Morgan fingerprint density at radius 1 is 1.00 bits per heavy atom. The molecule has 2 heterocycles. The summed E-state index contributed by atoms with van der Waals surface area (Å²) in [5, 5.41) is 1.09. The molecule has 1 aromatic heterocycles. The lowest BCUT2D eigenvalue weighted by Gasteiger charge is -2.21. The number of benzene rings is 2. The van der Waals surface area contributed by atoms with Gasteiger partial charge < -0.3 is 0 Å². The third kappa shape index (κ3) is 3.42. The molecule has 1 amide bonds. The molecule has 0 atom stereocenters. The van der Waals surface area contributed by atoms with Gasteiger partial charge in [0.2, 0.25) is 5.91 Å². The molecule has 0 saturated heterocycles. The summed E-state index contributed by atoms with van der Waals surface area (Å²) in [6.07, 6.45) is 4.64. The molecule has 0 unspecified atom stereocenters. The maximum Gasteiger partial charge on any atom is 0.249 e. The minimum Gasteiger partial charge on any atom is -0.297 e. The van der Waals surface area contributed by atoms with Gasteiger partial charge in [-0.25, -0.2) is 0 Å². The van der Waals surface area contributed by atoms with Crippen molar-refractivity contribution in [3.63, 3.8) is 0 Å². The van der Waals surface area contributed by atoms with Gasteiger partial charge in [0.15, 0.2) is 0 Å². The Bertz CT molecular complexity index is 1080. The van der Waals surface area contributed by atoms with Crippen molar-refractivity contribution in [3.05, 3.63) is 87.3 Å². The van der Waals surface area contributed by atoms with Gasteiger partial charge in [0.25, 0.3) is 0 Å². The highest BCUT2D eigenvalue weighted by atomic mass is 32.1. The van der Waals surface area contributed by atoms with E-state index < -0.39 is 0 Å². The van der Waals surface area contributed by atoms with Crippen LogP contribution in [0.5, 0.6) is 0 Å². The van der Waals surface area contributed by atoms with Gasteiger partial charge in [-0.3, -0.25) is 14.7 Å². The number of rotatable bonds is 3. The Balaban J connectivity index is 1.64. The number of aryl methyl sites for hydroxylation is 2. The molecule has 0 N–H and O–H groups in total. The summed E-state index contributed by atoms with van der Waals surface area (Å²) >= 11 is 1.81. The SMILES string of the molecule is Cc1ccc(CN2C(=O)CN=C(c3ccccc3)c3c2sc2c3CCCC2)cc1. The Morgan fingerprint density at radius 2 is 1.76 bits per heavy atom. The summed E-state index contributed by atoms with van der Waals surface area (Å²) in [5.74, 6) is 0.0800. The van der Waals surface area contributed by atoms with E-state index in [9.17, 15) is 4.79 Å². The van der Waals surface area contributed by atoms with Crippen LogP contribution >= 0.6 is 11.3 Å². The molecule has 3 nitrogen and oxygen atoms in total. The van der Waals surface area contributed by atoms with Crippen molar-refractivity contribution in [2.45, 2.75) is 39.2 Å². The van der Waals surface area contributed by atoms with E-state index >= 15 is 0 Å². The molecule has 0 saturated carbocycles. The van der Waals surface area contributed by atoms with Crippen molar-refractivity contribution < 1.29 is 4.79 Å². The van der Waals surface area contributed by atoms with E-state index in [-0.39, 0.29) is 12.5 Å². The van der Waals surface area contributed by atoms with E-state index in [1.165, 1.54) is 34.4 Å². The number of anilines is 1. The first-order chi connectivity index (χ1) is 14.2. The predicted molar refractivity (Wildman–Crippen MR) is 120 cm³/mol. The van der Waals surface area contributed by atoms with E-state index in [4.69, 9.17) is 4.99 Å². The van der Waals surface area contributed by atoms with Crippen LogP contribution in [0, 0.1) is 6.92 Å². The van der Waals surface area contributed by atoms with Crippen LogP contribution in [0.3, 0.4) is 0 Å². The van der Waals surface area contributed by atoms with E-state index in [0.717, 1.165) is 34.7 Å².